The summed E-state index contributed by atoms with van der Waals surface area (Å²) in [4.78, 5) is 33.4. The molecule has 0 aliphatic carbocycles. The van der Waals surface area contributed by atoms with Crippen molar-refractivity contribution < 1.29 is 18.0 Å². The van der Waals surface area contributed by atoms with E-state index >= 15 is 0 Å². The Hall–Kier alpha value is -2.53. The highest BCUT2D eigenvalue weighted by molar-refractivity contribution is 7.91. The number of anilines is 1. The molecule has 2 aliphatic heterocycles. The molecule has 3 heterocycles. The number of carbonyl (C=O) groups is 2. The zero-order chi connectivity index (χ0) is 21.1. The van der Waals surface area contributed by atoms with Gasteiger partial charge in [-0.05, 0) is 19.3 Å². The minimum Gasteiger partial charge on any atom is -0.323 e. The summed E-state index contributed by atoms with van der Waals surface area (Å²) in [6.07, 6.45) is 2.23. The van der Waals surface area contributed by atoms with Gasteiger partial charge in [0.1, 0.15) is 6.04 Å². The minimum absolute atomic E-state index is 0.0313. The van der Waals surface area contributed by atoms with E-state index < -0.39 is 15.9 Å². The summed E-state index contributed by atoms with van der Waals surface area (Å²) in [5.74, 6) is 0.193. The third kappa shape index (κ3) is 4.62. The summed E-state index contributed by atoms with van der Waals surface area (Å²) < 4.78 is 27.6. The minimum atomic E-state index is -3.08. The fourth-order valence-electron chi connectivity index (χ4n) is 3.69. The lowest BCUT2D eigenvalue weighted by molar-refractivity contribution is -0.121. The van der Waals surface area contributed by atoms with E-state index in [1.54, 1.807) is 4.90 Å². The second kappa shape index (κ2) is 8.68. The summed E-state index contributed by atoms with van der Waals surface area (Å²) in [6.45, 7) is 0.817. The smallest absolute Gasteiger partial charge is 0.320 e. The SMILES string of the molecule is O=C(Nc1nc(-c2ccccc2)ns1)[C@@H]1CCCCN1C(=O)N1CCS(=O)(=O)CC1. The molecule has 0 radical (unpaired) electrons. The topological polar surface area (TPSA) is 113 Å². The fraction of sp³-hybridized carbons (Fsp3) is 0.474. The predicted octanol–water partition coefficient (Wildman–Crippen LogP) is 1.85. The molecule has 2 fully saturated rings. The van der Waals surface area contributed by atoms with Crippen molar-refractivity contribution in [2.45, 2.75) is 25.3 Å². The molecular formula is C19H23N5O4S2. The van der Waals surface area contributed by atoms with E-state index in [1.807, 2.05) is 30.3 Å². The Kier molecular flexibility index (Phi) is 6.00. The van der Waals surface area contributed by atoms with E-state index in [-0.39, 0.29) is 36.5 Å². The van der Waals surface area contributed by atoms with Gasteiger partial charge in [-0.15, -0.1) is 0 Å². The average molecular weight is 450 g/mol. The van der Waals surface area contributed by atoms with Gasteiger partial charge in [0.05, 0.1) is 11.5 Å². The van der Waals surface area contributed by atoms with Crippen LogP contribution in [0, 0.1) is 0 Å². The number of nitrogens with one attached hydrogen (secondary N) is 1. The Morgan fingerprint density at radius 2 is 1.80 bits per heavy atom. The van der Waals surface area contributed by atoms with Crippen molar-refractivity contribution in [3.05, 3.63) is 30.3 Å². The van der Waals surface area contributed by atoms with Crippen LogP contribution in [0.2, 0.25) is 0 Å². The number of rotatable bonds is 3. The molecule has 0 saturated carbocycles. The molecule has 1 N–H and O–H groups in total. The molecule has 0 spiro atoms. The van der Waals surface area contributed by atoms with Crippen molar-refractivity contribution in [1.82, 2.24) is 19.2 Å². The molecule has 2 aliphatic rings. The lowest BCUT2D eigenvalue weighted by Gasteiger charge is -2.39. The number of nitrogens with zero attached hydrogens (tertiary/aromatic N) is 4. The first-order valence-electron chi connectivity index (χ1n) is 9.89. The van der Waals surface area contributed by atoms with E-state index in [2.05, 4.69) is 14.7 Å². The van der Waals surface area contributed by atoms with Crippen molar-refractivity contribution in [2.24, 2.45) is 0 Å². The number of benzene rings is 1. The van der Waals surface area contributed by atoms with Crippen LogP contribution in [0.1, 0.15) is 19.3 Å². The molecule has 4 rings (SSSR count). The van der Waals surface area contributed by atoms with Crippen LogP contribution in [0.3, 0.4) is 0 Å². The molecule has 11 heteroatoms. The van der Waals surface area contributed by atoms with Crippen LogP contribution in [0.25, 0.3) is 11.4 Å². The lowest BCUT2D eigenvalue weighted by atomic mass is 10.0. The second-order valence-corrected chi connectivity index (χ2v) is 10.5. The standard InChI is InChI=1S/C19H23N5O4S2/c25-17(21-18-20-16(22-29-18)14-6-2-1-3-7-14)15-8-4-5-9-24(15)19(26)23-10-12-30(27,28)13-11-23/h1-3,6-7,15H,4-5,8-13H2,(H,20,21,22,25)/t15-/m0/s1. The van der Waals surface area contributed by atoms with Gasteiger partial charge in [0.15, 0.2) is 15.7 Å². The highest BCUT2D eigenvalue weighted by atomic mass is 32.2. The van der Waals surface area contributed by atoms with Crippen LogP contribution < -0.4 is 5.32 Å². The van der Waals surface area contributed by atoms with Crippen LogP contribution >= 0.6 is 11.5 Å². The van der Waals surface area contributed by atoms with Gasteiger partial charge in [-0.25, -0.2) is 13.2 Å². The van der Waals surface area contributed by atoms with E-state index in [4.69, 9.17) is 0 Å². The summed E-state index contributed by atoms with van der Waals surface area (Å²) >= 11 is 1.10. The summed E-state index contributed by atoms with van der Waals surface area (Å²) in [6, 6.07) is 8.62. The number of amides is 3. The Morgan fingerprint density at radius 3 is 2.53 bits per heavy atom. The van der Waals surface area contributed by atoms with Gasteiger partial charge in [0.2, 0.25) is 11.0 Å². The Morgan fingerprint density at radius 1 is 1.07 bits per heavy atom. The van der Waals surface area contributed by atoms with Gasteiger partial charge < -0.3 is 9.80 Å². The third-order valence-electron chi connectivity index (χ3n) is 5.35. The largest absolute Gasteiger partial charge is 0.323 e. The predicted molar refractivity (Wildman–Crippen MR) is 114 cm³/mol. The third-order valence-corrected chi connectivity index (χ3v) is 7.59. The number of sulfone groups is 1. The Balaban J connectivity index is 1.43. The van der Waals surface area contributed by atoms with Gasteiger partial charge >= 0.3 is 6.03 Å². The van der Waals surface area contributed by atoms with Gasteiger partial charge in [-0.3, -0.25) is 10.1 Å². The normalized spacial score (nSPS) is 21.3. The molecule has 1 aromatic heterocycles. The Labute approximate surface area is 179 Å². The number of hydrogen-bond acceptors (Lipinski definition) is 7. The first-order chi connectivity index (χ1) is 14.4. The van der Waals surface area contributed by atoms with Crippen LogP contribution in [-0.2, 0) is 14.6 Å². The monoisotopic (exact) mass is 449 g/mol. The number of aromatic nitrogens is 2. The fourth-order valence-corrected chi connectivity index (χ4v) is 5.48. The second-order valence-electron chi connectivity index (χ2n) is 7.40. The van der Waals surface area contributed by atoms with Gasteiger partial charge in [0.25, 0.3) is 0 Å². The summed E-state index contributed by atoms with van der Waals surface area (Å²) in [7, 11) is -3.08. The molecule has 160 valence electrons. The number of urea groups is 1. The van der Waals surface area contributed by atoms with Crippen molar-refractivity contribution in [3.63, 3.8) is 0 Å². The van der Waals surface area contributed by atoms with Gasteiger partial charge in [-0.1, -0.05) is 30.3 Å². The summed E-state index contributed by atoms with van der Waals surface area (Å²) in [5.41, 5.74) is 0.865. The molecule has 0 unspecified atom stereocenters. The first kappa shape index (κ1) is 20.7. The molecule has 3 amide bonds. The van der Waals surface area contributed by atoms with Crippen molar-refractivity contribution in [1.29, 1.82) is 0 Å². The zero-order valence-corrected chi connectivity index (χ0v) is 18.0. The zero-order valence-electron chi connectivity index (χ0n) is 16.4. The molecular weight excluding hydrogens is 426 g/mol. The molecule has 2 aromatic rings. The maximum absolute atomic E-state index is 13.0. The molecule has 2 saturated heterocycles. The maximum Gasteiger partial charge on any atom is 0.320 e. The van der Waals surface area contributed by atoms with E-state index in [1.165, 1.54) is 4.90 Å². The molecule has 0 bridgehead atoms. The van der Waals surface area contributed by atoms with Crippen molar-refractivity contribution in [3.8, 4) is 11.4 Å². The number of hydrogen-bond donors (Lipinski definition) is 1. The van der Waals surface area contributed by atoms with Crippen LogP contribution in [0.5, 0.6) is 0 Å². The van der Waals surface area contributed by atoms with Crippen molar-refractivity contribution >= 4 is 38.4 Å². The number of likely N-dealkylation sites (tertiary alicyclic amines) is 1. The number of carbonyl (C=O) groups excluding carboxylic acids is 2. The molecule has 30 heavy (non-hydrogen) atoms. The van der Waals surface area contributed by atoms with E-state index in [0.29, 0.717) is 23.9 Å². The first-order valence-corrected chi connectivity index (χ1v) is 12.5. The average Bonchev–Trinajstić information content (AvgIpc) is 3.22. The van der Waals surface area contributed by atoms with Crippen molar-refractivity contribution in [2.75, 3.05) is 36.5 Å². The maximum atomic E-state index is 13.0. The quantitative estimate of drug-likeness (QED) is 0.765. The number of piperidine rings is 1. The Bertz CT molecular complexity index is 1010. The van der Waals surface area contributed by atoms with Gasteiger partial charge in [-0.2, -0.15) is 9.36 Å². The van der Waals surface area contributed by atoms with Gasteiger partial charge in [0, 0.05) is 36.7 Å². The summed E-state index contributed by atoms with van der Waals surface area (Å²) in [5, 5.41) is 3.19. The lowest BCUT2D eigenvalue weighted by Crippen LogP contribution is -2.56. The van der Waals surface area contributed by atoms with Crippen LogP contribution in [0.4, 0.5) is 9.93 Å². The van der Waals surface area contributed by atoms with Crippen LogP contribution in [0.15, 0.2) is 30.3 Å². The highest BCUT2D eigenvalue weighted by Gasteiger charge is 2.36. The van der Waals surface area contributed by atoms with E-state index in [9.17, 15) is 18.0 Å². The molecule has 1 atom stereocenters. The highest BCUT2D eigenvalue weighted by Crippen LogP contribution is 2.24. The molecule has 1 aromatic carbocycles. The molecule has 9 nitrogen and oxygen atoms in total. The van der Waals surface area contributed by atoms with E-state index in [0.717, 1.165) is 29.9 Å². The van der Waals surface area contributed by atoms with Crippen LogP contribution in [-0.4, -0.2) is 76.7 Å².